The number of hydrogen-bond acceptors (Lipinski definition) is 4. The molecule has 122 valence electrons. The van der Waals surface area contributed by atoms with E-state index >= 15 is 0 Å². The standard InChI is InChI=1S/C16H26N4O2/c1-18(2)11-14-12-19(7-8-22-14)16(21)9-13-10-17-20-6-4-3-5-15(13)20/h10,14H,3-9,11-12H2,1-2H3. The summed E-state index contributed by atoms with van der Waals surface area (Å²) in [6.07, 6.45) is 5.93. The van der Waals surface area contributed by atoms with Gasteiger partial charge in [-0.25, -0.2) is 0 Å². The van der Waals surface area contributed by atoms with Crippen LogP contribution < -0.4 is 0 Å². The molecule has 1 aromatic rings. The van der Waals surface area contributed by atoms with Crippen LogP contribution in [0, 0.1) is 0 Å². The van der Waals surface area contributed by atoms with Crippen molar-refractivity contribution in [3.05, 3.63) is 17.5 Å². The number of fused-ring (bicyclic) bond motifs is 1. The maximum atomic E-state index is 12.6. The van der Waals surface area contributed by atoms with Crippen molar-refractivity contribution in [1.29, 1.82) is 0 Å². The number of likely N-dealkylation sites (N-methyl/N-ethyl adjacent to an activating group) is 1. The van der Waals surface area contributed by atoms with Gasteiger partial charge in [-0.1, -0.05) is 0 Å². The van der Waals surface area contributed by atoms with Gasteiger partial charge in [-0.05, 0) is 33.4 Å². The monoisotopic (exact) mass is 306 g/mol. The third-order valence-corrected chi connectivity index (χ3v) is 4.47. The molecule has 1 atom stereocenters. The molecule has 3 heterocycles. The molecule has 0 aliphatic carbocycles. The van der Waals surface area contributed by atoms with Crippen LogP contribution in [0.2, 0.25) is 0 Å². The van der Waals surface area contributed by atoms with Crippen LogP contribution in [-0.4, -0.2) is 71.9 Å². The molecule has 22 heavy (non-hydrogen) atoms. The number of morpholine rings is 1. The maximum Gasteiger partial charge on any atom is 0.227 e. The SMILES string of the molecule is CN(C)CC1CN(C(=O)Cc2cnn3c2CCCC3)CCO1. The number of aryl methyl sites for hydroxylation is 1. The molecule has 1 unspecified atom stereocenters. The first-order valence-electron chi connectivity index (χ1n) is 8.21. The van der Waals surface area contributed by atoms with Gasteiger partial charge in [0, 0.05) is 37.4 Å². The highest BCUT2D eigenvalue weighted by molar-refractivity contribution is 5.79. The first-order valence-corrected chi connectivity index (χ1v) is 8.21. The number of amides is 1. The van der Waals surface area contributed by atoms with Crippen LogP contribution in [0.1, 0.15) is 24.1 Å². The molecule has 6 nitrogen and oxygen atoms in total. The van der Waals surface area contributed by atoms with E-state index in [0.29, 0.717) is 26.1 Å². The molecule has 2 aliphatic heterocycles. The van der Waals surface area contributed by atoms with Gasteiger partial charge in [-0.3, -0.25) is 9.48 Å². The van der Waals surface area contributed by atoms with E-state index in [1.807, 2.05) is 25.2 Å². The van der Waals surface area contributed by atoms with Crippen LogP contribution in [0.3, 0.4) is 0 Å². The smallest absolute Gasteiger partial charge is 0.227 e. The van der Waals surface area contributed by atoms with Gasteiger partial charge < -0.3 is 14.5 Å². The van der Waals surface area contributed by atoms with Crippen LogP contribution in [0.4, 0.5) is 0 Å². The second-order valence-electron chi connectivity index (χ2n) is 6.57. The molecule has 0 radical (unpaired) electrons. The van der Waals surface area contributed by atoms with Crippen molar-refractivity contribution in [2.45, 2.75) is 38.3 Å². The second-order valence-corrected chi connectivity index (χ2v) is 6.57. The first-order chi connectivity index (χ1) is 10.6. The Kier molecular flexibility index (Phi) is 4.78. The molecule has 1 aromatic heterocycles. The van der Waals surface area contributed by atoms with E-state index < -0.39 is 0 Å². The molecule has 2 aliphatic rings. The first kappa shape index (κ1) is 15.5. The van der Waals surface area contributed by atoms with Gasteiger partial charge in [0.15, 0.2) is 0 Å². The van der Waals surface area contributed by atoms with E-state index in [4.69, 9.17) is 4.74 Å². The van der Waals surface area contributed by atoms with E-state index in [0.717, 1.165) is 25.1 Å². The zero-order valence-corrected chi connectivity index (χ0v) is 13.6. The van der Waals surface area contributed by atoms with E-state index in [1.54, 1.807) is 0 Å². The summed E-state index contributed by atoms with van der Waals surface area (Å²) < 4.78 is 7.81. The van der Waals surface area contributed by atoms with Crippen LogP contribution in [0.5, 0.6) is 0 Å². The van der Waals surface area contributed by atoms with Crippen molar-refractivity contribution < 1.29 is 9.53 Å². The molecule has 3 rings (SSSR count). The van der Waals surface area contributed by atoms with Gasteiger partial charge in [0.2, 0.25) is 5.91 Å². The van der Waals surface area contributed by atoms with Gasteiger partial charge in [0.05, 0.1) is 25.3 Å². The fourth-order valence-electron chi connectivity index (χ4n) is 3.37. The van der Waals surface area contributed by atoms with E-state index in [2.05, 4.69) is 14.7 Å². The summed E-state index contributed by atoms with van der Waals surface area (Å²) in [5.41, 5.74) is 2.37. The van der Waals surface area contributed by atoms with Crippen LogP contribution >= 0.6 is 0 Å². The highest BCUT2D eigenvalue weighted by Crippen LogP contribution is 2.19. The molecular weight excluding hydrogens is 280 g/mol. The van der Waals surface area contributed by atoms with Crippen molar-refractivity contribution in [3.8, 4) is 0 Å². The normalized spacial score (nSPS) is 22.0. The Balaban J connectivity index is 1.60. The van der Waals surface area contributed by atoms with Crippen molar-refractivity contribution in [2.75, 3.05) is 40.3 Å². The van der Waals surface area contributed by atoms with Gasteiger partial charge in [-0.2, -0.15) is 5.10 Å². The maximum absolute atomic E-state index is 12.6. The van der Waals surface area contributed by atoms with Crippen LogP contribution in [0.15, 0.2) is 6.20 Å². The molecule has 0 N–H and O–H groups in total. The fourth-order valence-corrected chi connectivity index (χ4v) is 3.37. The van der Waals surface area contributed by atoms with E-state index in [1.165, 1.54) is 18.5 Å². The Labute approximate surface area is 132 Å². The minimum absolute atomic E-state index is 0.119. The van der Waals surface area contributed by atoms with Crippen molar-refractivity contribution >= 4 is 5.91 Å². The number of nitrogens with zero attached hydrogens (tertiary/aromatic N) is 4. The van der Waals surface area contributed by atoms with Gasteiger partial charge >= 0.3 is 0 Å². The second kappa shape index (κ2) is 6.79. The third-order valence-electron chi connectivity index (χ3n) is 4.47. The zero-order valence-electron chi connectivity index (χ0n) is 13.6. The Morgan fingerprint density at radius 2 is 2.27 bits per heavy atom. The summed E-state index contributed by atoms with van der Waals surface area (Å²) in [6, 6.07) is 0. The van der Waals surface area contributed by atoms with Crippen molar-refractivity contribution in [1.82, 2.24) is 19.6 Å². The van der Waals surface area contributed by atoms with Crippen molar-refractivity contribution in [2.24, 2.45) is 0 Å². The number of carbonyl (C=O) groups excluding carboxylic acids is 1. The minimum atomic E-state index is 0.119. The number of carbonyl (C=O) groups is 1. The summed E-state index contributed by atoms with van der Waals surface area (Å²) in [5.74, 6) is 0.202. The van der Waals surface area contributed by atoms with Crippen LogP contribution in [0.25, 0.3) is 0 Å². The van der Waals surface area contributed by atoms with Crippen molar-refractivity contribution in [3.63, 3.8) is 0 Å². The minimum Gasteiger partial charge on any atom is -0.373 e. The largest absolute Gasteiger partial charge is 0.373 e. The molecule has 0 spiro atoms. The fraction of sp³-hybridized carbons (Fsp3) is 0.750. The highest BCUT2D eigenvalue weighted by Gasteiger charge is 2.26. The average molecular weight is 306 g/mol. The zero-order chi connectivity index (χ0) is 15.5. The summed E-state index contributed by atoms with van der Waals surface area (Å²) in [5, 5.41) is 4.42. The summed E-state index contributed by atoms with van der Waals surface area (Å²) in [7, 11) is 4.06. The number of rotatable bonds is 4. The highest BCUT2D eigenvalue weighted by atomic mass is 16.5. The third kappa shape index (κ3) is 3.50. The van der Waals surface area contributed by atoms with E-state index in [9.17, 15) is 4.79 Å². The lowest BCUT2D eigenvalue weighted by Crippen LogP contribution is -2.49. The lowest BCUT2D eigenvalue weighted by atomic mass is 10.0. The quantitative estimate of drug-likeness (QED) is 0.815. The molecule has 0 saturated carbocycles. The van der Waals surface area contributed by atoms with E-state index in [-0.39, 0.29) is 12.0 Å². The Hall–Kier alpha value is -1.40. The summed E-state index contributed by atoms with van der Waals surface area (Å²) >= 11 is 0. The summed E-state index contributed by atoms with van der Waals surface area (Å²) in [6.45, 7) is 3.88. The molecular formula is C16H26N4O2. The molecule has 1 amide bonds. The van der Waals surface area contributed by atoms with Crippen LogP contribution in [-0.2, 0) is 28.9 Å². The van der Waals surface area contributed by atoms with Gasteiger partial charge in [-0.15, -0.1) is 0 Å². The molecule has 1 fully saturated rings. The van der Waals surface area contributed by atoms with Gasteiger partial charge in [0.25, 0.3) is 0 Å². The predicted molar refractivity (Wildman–Crippen MR) is 83.7 cm³/mol. The Bertz CT molecular complexity index is 526. The molecule has 0 aromatic carbocycles. The Morgan fingerprint density at radius 3 is 3.09 bits per heavy atom. The molecule has 0 bridgehead atoms. The lowest BCUT2D eigenvalue weighted by molar-refractivity contribution is -0.138. The molecule has 1 saturated heterocycles. The average Bonchev–Trinajstić information content (AvgIpc) is 2.90. The summed E-state index contributed by atoms with van der Waals surface area (Å²) in [4.78, 5) is 16.7. The topological polar surface area (TPSA) is 50.6 Å². The lowest BCUT2D eigenvalue weighted by Gasteiger charge is -2.34. The number of ether oxygens (including phenoxy) is 1. The van der Waals surface area contributed by atoms with Gasteiger partial charge in [0.1, 0.15) is 0 Å². The number of aromatic nitrogens is 2. The number of hydrogen-bond donors (Lipinski definition) is 0. The molecule has 6 heteroatoms. The predicted octanol–water partition coefficient (Wildman–Crippen LogP) is 0.551. The Morgan fingerprint density at radius 1 is 1.41 bits per heavy atom.